The number of hydrogen-bond donors (Lipinski definition) is 0. The Balaban J connectivity index is 1.40. The fraction of sp³-hybridized carbons (Fsp3) is 0.529. The third-order valence-corrected chi connectivity index (χ3v) is 5.78. The minimum absolute atomic E-state index is 0.00208. The van der Waals surface area contributed by atoms with Gasteiger partial charge in [0.25, 0.3) is 5.91 Å². The number of aromatic nitrogens is 3. The Morgan fingerprint density at radius 1 is 1.46 bits per heavy atom. The molecule has 6 nitrogen and oxygen atoms in total. The van der Waals surface area contributed by atoms with Crippen LogP contribution in [-0.2, 0) is 11.3 Å². The van der Waals surface area contributed by atoms with E-state index >= 15 is 0 Å². The molecule has 0 bridgehead atoms. The molecule has 1 saturated heterocycles. The third-order valence-electron chi connectivity index (χ3n) is 5.27. The zero-order valence-electron chi connectivity index (χ0n) is 13.4. The Morgan fingerprint density at radius 2 is 2.42 bits per heavy atom. The minimum Gasteiger partial charge on any atom is -0.375 e. The molecule has 0 radical (unpaired) electrons. The van der Waals surface area contributed by atoms with Gasteiger partial charge in [0.1, 0.15) is 0 Å². The molecule has 0 aromatic carbocycles. The minimum atomic E-state index is 0.00208. The van der Waals surface area contributed by atoms with Gasteiger partial charge in [-0.2, -0.15) is 0 Å². The van der Waals surface area contributed by atoms with E-state index in [2.05, 4.69) is 14.6 Å². The van der Waals surface area contributed by atoms with Crippen LogP contribution in [0.5, 0.6) is 0 Å². The lowest BCUT2D eigenvalue weighted by atomic mass is 9.81. The molecule has 2 fully saturated rings. The predicted octanol–water partition coefficient (Wildman–Crippen LogP) is 2.39. The Kier molecular flexibility index (Phi) is 4.28. The van der Waals surface area contributed by atoms with Crippen LogP contribution in [0, 0.1) is 11.3 Å². The van der Waals surface area contributed by atoms with Gasteiger partial charge in [-0.3, -0.25) is 9.78 Å². The molecular formula is C17H20N4O2S. The molecule has 0 N–H and O–H groups in total. The van der Waals surface area contributed by atoms with Gasteiger partial charge in [0.05, 0.1) is 18.9 Å². The van der Waals surface area contributed by atoms with Crippen molar-refractivity contribution in [1.82, 2.24) is 19.5 Å². The molecule has 2 aromatic rings. The summed E-state index contributed by atoms with van der Waals surface area (Å²) in [5.41, 5.74) is 1.50. The van der Waals surface area contributed by atoms with Crippen LogP contribution in [0.4, 0.5) is 0 Å². The van der Waals surface area contributed by atoms with Crippen molar-refractivity contribution in [3.8, 4) is 0 Å². The highest BCUT2D eigenvalue weighted by Gasteiger charge is 2.51. The summed E-state index contributed by atoms with van der Waals surface area (Å²) < 4.78 is 9.80. The number of ether oxygens (including phenoxy) is 1. The Bertz CT molecular complexity index is 694. The summed E-state index contributed by atoms with van der Waals surface area (Å²) in [5.74, 6) is 0.527. The second kappa shape index (κ2) is 6.57. The second-order valence-electron chi connectivity index (χ2n) is 6.74. The fourth-order valence-corrected chi connectivity index (χ4v) is 4.50. The Morgan fingerprint density at radius 3 is 3.21 bits per heavy atom. The number of nitrogens with zero attached hydrogens (tertiary/aromatic N) is 4. The number of rotatable bonds is 5. The molecule has 2 atom stereocenters. The van der Waals surface area contributed by atoms with Gasteiger partial charge in [-0.15, -0.1) is 5.10 Å². The zero-order chi connectivity index (χ0) is 16.4. The molecule has 3 heterocycles. The number of amides is 1. The van der Waals surface area contributed by atoms with Crippen LogP contribution in [0.1, 0.15) is 35.4 Å². The van der Waals surface area contributed by atoms with Gasteiger partial charge >= 0.3 is 0 Å². The van der Waals surface area contributed by atoms with E-state index in [9.17, 15) is 4.79 Å². The van der Waals surface area contributed by atoms with Crippen LogP contribution < -0.4 is 0 Å². The van der Waals surface area contributed by atoms with Gasteiger partial charge in [-0.05, 0) is 42.4 Å². The largest absolute Gasteiger partial charge is 0.375 e. The zero-order valence-corrected chi connectivity index (χ0v) is 14.2. The maximum Gasteiger partial charge on any atom is 0.275 e. The first-order chi connectivity index (χ1) is 11.8. The summed E-state index contributed by atoms with van der Waals surface area (Å²) >= 11 is 1.22. The van der Waals surface area contributed by atoms with Crippen LogP contribution in [0.15, 0.2) is 29.8 Å². The number of fused-ring (bicyclic) bond motifs is 1. The monoisotopic (exact) mass is 344 g/mol. The van der Waals surface area contributed by atoms with Gasteiger partial charge in [0, 0.05) is 30.1 Å². The number of pyridine rings is 1. The van der Waals surface area contributed by atoms with Crippen LogP contribution >= 0.6 is 11.5 Å². The molecule has 1 saturated carbocycles. The molecule has 0 spiro atoms. The lowest BCUT2D eigenvalue weighted by Gasteiger charge is -2.28. The lowest BCUT2D eigenvalue weighted by Crippen LogP contribution is -2.35. The first-order valence-electron chi connectivity index (χ1n) is 8.31. The van der Waals surface area contributed by atoms with Crippen LogP contribution in [0.25, 0.3) is 0 Å². The van der Waals surface area contributed by atoms with Crippen molar-refractivity contribution in [3.63, 3.8) is 0 Å². The predicted molar refractivity (Wildman–Crippen MR) is 89.5 cm³/mol. The van der Waals surface area contributed by atoms with E-state index in [4.69, 9.17) is 4.74 Å². The molecule has 0 unspecified atom stereocenters. The van der Waals surface area contributed by atoms with Gasteiger partial charge < -0.3 is 9.64 Å². The summed E-state index contributed by atoms with van der Waals surface area (Å²) in [7, 11) is 0. The van der Waals surface area contributed by atoms with Crippen molar-refractivity contribution in [2.45, 2.75) is 25.9 Å². The van der Waals surface area contributed by atoms with Gasteiger partial charge in [-0.1, -0.05) is 17.0 Å². The highest BCUT2D eigenvalue weighted by Crippen LogP contribution is 2.49. The SMILES string of the molecule is O=C(c1csnn1)N1C[C@H]2CCC[C@@]2(COCc2ccccn2)C1. The first kappa shape index (κ1) is 15.7. The van der Waals surface area contributed by atoms with Crippen molar-refractivity contribution in [1.29, 1.82) is 0 Å². The van der Waals surface area contributed by atoms with Crippen molar-refractivity contribution in [3.05, 3.63) is 41.2 Å². The van der Waals surface area contributed by atoms with Crippen LogP contribution in [-0.4, -0.2) is 45.1 Å². The van der Waals surface area contributed by atoms with E-state index < -0.39 is 0 Å². The maximum atomic E-state index is 12.6. The smallest absolute Gasteiger partial charge is 0.275 e. The summed E-state index contributed by atoms with van der Waals surface area (Å²) in [4.78, 5) is 18.8. The van der Waals surface area contributed by atoms with E-state index in [0.29, 0.717) is 24.8 Å². The molecule has 2 aromatic heterocycles. The maximum absolute atomic E-state index is 12.6. The average molecular weight is 344 g/mol. The molecule has 7 heteroatoms. The number of hydrogen-bond acceptors (Lipinski definition) is 6. The molecular weight excluding hydrogens is 324 g/mol. The van der Waals surface area contributed by atoms with Gasteiger partial charge in [0.15, 0.2) is 5.69 Å². The Hall–Kier alpha value is -1.86. The van der Waals surface area contributed by atoms with Crippen LogP contribution in [0.3, 0.4) is 0 Å². The van der Waals surface area contributed by atoms with Crippen LogP contribution in [0.2, 0.25) is 0 Å². The van der Waals surface area contributed by atoms with E-state index in [1.807, 2.05) is 23.1 Å². The third kappa shape index (κ3) is 2.93. The van der Waals surface area contributed by atoms with Crippen molar-refractivity contribution in [2.24, 2.45) is 11.3 Å². The molecule has 1 amide bonds. The summed E-state index contributed by atoms with van der Waals surface area (Å²) in [5, 5.41) is 5.64. The molecule has 2 aliphatic rings. The average Bonchev–Trinajstić information content (AvgIpc) is 3.31. The molecule has 1 aliphatic carbocycles. The summed E-state index contributed by atoms with van der Waals surface area (Å²) in [6.45, 7) is 2.78. The molecule has 4 rings (SSSR count). The van der Waals surface area contributed by atoms with E-state index in [1.54, 1.807) is 11.6 Å². The quantitative estimate of drug-likeness (QED) is 0.833. The second-order valence-corrected chi connectivity index (χ2v) is 7.35. The summed E-state index contributed by atoms with van der Waals surface area (Å²) in [6.07, 6.45) is 5.30. The van der Waals surface area contributed by atoms with Gasteiger partial charge in [0.2, 0.25) is 0 Å². The lowest BCUT2D eigenvalue weighted by molar-refractivity contribution is 0.0252. The molecule has 126 valence electrons. The Labute approximate surface area is 145 Å². The van der Waals surface area contributed by atoms with E-state index in [0.717, 1.165) is 25.2 Å². The topological polar surface area (TPSA) is 68.2 Å². The normalized spacial score (nSPS) is 25.8. The summed E-state index contributed by atoms with van der Waals surface area (Å²) in [6, 6.07) is 5.85. The van der Waals surface area contributed by atoms with E-state index in [-0.39, 0.29) is 11.3 Å². The van der Waals surface area contributed by atoms with Crippen molar-refractivity contribution in [2.75, 3.05) is 19.7 Å². The highest BCUT2D eigenvalue weighted by atomic mass is 32.1. The first-order valence-corrected chi connectivity index (χ1v) is 9.14. The van der Waals surface area contributed by atoms with E-state index in [1.165, 1.54) is 24.4 Å². The van der Waals surface area contributed by atoms with Crippen molar-refractivity contribution >= 4 is 17.4 Å². The number of carbonyl (C=O) groups is 1. The molecule has 24 heavy (non-hydrogen) atoms. The van der Waals surface area contributed by atoms with Crippen molar-refractivity contribution < 1.29 is 9.53 Å². The number of carbonyl (C=O) groups excluding carboxylic acids is 1. The molecule has 1 aliphatic heterocycles. The standard InChI is InChI=1S/C17H20N4O2S/c22-16(15-10-24-20-19-15)21-8-13-4-3-6-17(13,11-21)12-23-9-14-5-1-2-7-18-14/h1-2,5,7,10,13H,3-4,6,8-9,11-12H2/t13-,17+/m1/s1. The van der Waals surface area contributed by atoms with Gasteiger partial charge in [-0.25, -0.2) is 0 Å². The number of likely N-dealkylation sites (tertiary alicyclic amines) is 1. The highest BCUT2D eigenvalue weighted by molar-refractivity contribution is 7.03. The fourth-order valence-electron chi connectivity index (χ4n) is 4.07.